The summed E-state index contributed by atoms with van der Waals surface area (Å²) in [6.45, 7) is 4.86. The van der Waals surface area contributed by atoms with Gasteiger partial charge in [0, 0.05) is 24.8 Å². The highest BCUT2D eigenvalue weighted by Crippen LogP contribution is 2.48. The minimum absolute atomic E-state index is 0.0656. The van der Waals surface area contributed by atoms with E-state index in [0.29, 0.717) is 30.9 Å². The van der Waals surface area contributed by atoms with E-state index in [-0.39, 0.29) is 18.1 Å². The Hall–Kier alpha value is -2.24. The third kappa shape index (κ3) is 3.43. The molecule has 1 aromatic carbocycles. The lowest BCUT2D eigenvalue weighted by Gasteiger charge is -2.23. The van der Waals surface area contributed by atoms with E-state index < -0.39 is 11.4 Å². The Morgan fingerprint density at radius 1 is 1.48 bits per heavy atom. The molecule has 3 rings (SSSR count). The van der Waals surface area contributed by atoms with Gasteiger partial charge >= 0.3 is 12.0 Å². The Morgan fingerprint density at radius 3 is 2.96 bits per heavy atom. The van der Waals surface area contributed by atoms with E-state index in [1.807, 2.05) is 25.1 Å². The number of likely N-dealkylation sites (tertiary alicyclic amines) is 1. The average molecular weight is 346 g/mol. The van der Waals surface area contributed by atoms with Gasteiger partial charge in [-0.3, -0.25) is 4.79 Å². The van der Waals surface area contributed by atoms with E-state index in [1.165, 1.54) is 0 Å². The summed E-state index contributed by atoms with van der Waals surface area (Å²) in [5.74, 6) is 0.0116. The standard InChI is InChI=1S/C19H26N2O4/c1-3-13(2)25-16-8-4-7-15(10-16)20-18(24)21-11-14-6-5-9-19(14,12-21)17(22)23/h4,7-8,10,13-14H,3,5-6,9,11-12H2,1-2H3,(H,20,24)(H,22,23)/t13?,14-,19+/m0/s1. The Kier molecular flexibility index (Phi) is 4.88. The van der Waals surface area contributed by atoms with Gasteiger partial charge in [-0.2, -0.15) is 0 Å². The van der Waals surface area contributed by atoms with Crippen LogP contribution in [-0.2, 0) is 4.79 Å². The van der Waals surface area contributed by atoms with Crippen molar-refractivity contribution >= 4 is 17.7 Å². The van der Waals surface area contributed by atoms with Crippen LogP contribution in [-0.4, -0.2) is 41.2 Å². The molecule has 2 fully saturated rings. The summed E-state index contributed by atoms with van der Waals surface area (Å²) in [6.07, 6.45) is 3.49. The smallest absolute Gasteiger partial charge is 0.321 e. The highest BCUT2D eigenvalue weighted by Gasteiger charge is 2.55. The lowest BCUT2D eigenvalue weighted by atomic mass is 9.81. The Morgan fingerprint density at radius 2 is 2.28 bits per heavy atom. The SMILES string of the molecule is CCC(C)Oc1cccc(NC(=O)N2C[C@@H]3CCC[C@@]3(C(=O)O)C2)c1. The second-order valence-corrected chi connectivity index (χ2v) is 7.23. The van der Waals surface area contributed by atoms with E-state index in [1.54, 1.807) is 11.0 Å². The van der Waals surface area contributed by atoms with Crippen LogP contribution in [0.5, 0.6) is 5.75 Å². The van der Waals surface area contributed by atoms with Crippen molar-refractivity contribution in [2.45, 2.75) is 45.6 Å². The van der Waals surface area contributed by atoms with Crippen molar-refractivity contribution in [3.05, 3.63) is 24.3 Å². The number of nitrogens with zero attached hydrogens (tertiary/aromatic N) is 1. The van der Waals surface area contributed by atoms with Crippen LogP contribution in [0.2, 0.25) is 0 Å². The number of carbonyl (C=O) groups excluding carboxylic acids is 1. The minimum Gasteiger partial charge on any atom is -0.491 e. The van der Waals surface area contributed by atoms with Crippen molar-refractivity contribution in [2.75, 3.05) is 18.4 Å². The van der Waals surface area contributed by atoms with E-state index in [4.69, 9.17) is 4.74 Å². The number of benzene rings is 1. The Labute approximate surface area is 148 Å². The van der Waals surface area contributed by atoms with Gasteiger partial charge in [0.1, 0.15) is 5.75 Å². The van der Waals surface area contributed by atoms with Gasteiger partial charge in [-0.15, -0.1) is 0 Å². The molecule has 1 heterocycles. The van der Waals surface area contributed by atoms with Crippen LogP contribution >= 0.6 is 0 Å². The molecule has 2 aliphatic rings. The molecule has 0 bridgehead atoms. The summed E-state index contributed by atoms with van der Waals surface area (Å²) in [7, 11) is 0. The van der Waals surface area contributed by atoms with Crippen molar-refractivity contribution < 1.29 is 19.4 Å². The fourth-order valence-electron chi connectivity index (χ4n) is 3.96. The Bertz CT molecular complexity index is 663. The molecular formula is C19H26N2O4. The number of nitrogens with one attached hydrogen (secondary N) is 1. The van der Waals surface area contributed by atoms with Crippen LogP contribution in [0.25, 0.3) is 0 Å². The maximum absolute atomic E-state index is 12.6. The third-order valence-electron chi connectivity index (χ3n) is 5.58. The van der Waals surface area contributed by atoms with E-state index in [9.17, 15) is 14.7 Å². The van der Waals surface area contributed by atoms with Crippen molar-refractivity contribution in [1.82, 2.24) is 4.90 Å². The zero-order valence-corrected chi connectivity index (χ0v) is 14.8. The highest BCUT2D eigenvalue weighted by molar-refractivity contribution is 5.90. The zero-order valence-electron chi connectivity index (χ0n) is 14.8. The molecule has 1 aromatic rings. The summed E-state index contributed by atoms with van der Waals surface area (Å²) in [5, 5.41) is 12.5. The number of carboxylic acids is 1. The van der Waals surface area contributed by atoms with E-state index >= 15 is 0 Å². The number of aliphatic carboxylic acids is 1. The average Bonchev–Trinajstić information content (AvgIpc) is 3.13. The molecule has 1 aliphatic heterocycles. The predicted molar refractivity (Wildman–Crippen MR) is 94.8 cm³/mol. The molecule has 136 valence electrons. The van der Waals surface area contributed by atoms with Gasteiger partial charge in [0.25, 0.3) is 0 Å². The summed E-state index contributed by atoms with van der Waals surface area (Å²) in [6, 6.07) is 7.07. The van der Waals surface area contributed by atoms with Gasteiger partial charge in [-0.05, 0) is 44.2 Å². The number of rotatable bonds is 5. The first kappa shape index (κ1) is 17.6. The number of hydrogen-bond donors (Lipinski definition) is 2. The van der Waals surface area contributed by atoms with Crippen LogP contribution in [0.15, 0.2) is 24.3 Å². The first-order chi connectivity index (χ1) is 11.9. The van der Waals surface area contributed by atoms with Gasteiger partial charge in [-0.1, -0.05) is 19.4 Å². The van der Waals surface area contributed by atoms with Crippen molar-refractivity contribution in [1.29, 1.82) is 0 Å². The molecular weight excluding hydrogens is 320 g/mol. The highest BCUT2D eigenvalue weighted by atomic mass is 16.5. The van der Waals surface area contributed by atoms with Crippen molar-refractivity contribution in [3.63, 3.8) is 0 Å². The number of ether oxygens (including phenoxy) is 1. The number of carboxylic acid groups (broad SMARTS) is 1. The number of hydrogen-bond acceptors (Lipinski definition) is 3. The van der Waals surface area contributed by atoms with Crippen LogP contribution < -0.4 is 10.1 Å². The molecule has 1 saturated heterocycles. The van der Waals surface area contributed by atoms with Crippen molar-refractivity contribution in [3.8, 4) is 5.75 Å². The number of carbonyl (C=O) groups is 2. The topological polar surface area (TPSA) is 78.9 Å². The zero-order chi connectivity index (χ0) is 18.0. The van der Waals surface area contributed by atoms with Gasteiger partial charge in [0.15, 0.2) is 0 Å². The summed E-state index contributed by atoms with van der Waals surface area (Å²) in [4.78, 5) is 26.0. The predicted octanol–water partition coefficient (Wildman–Crippen LogP) is 3.58. The number of anilines is 1. The lowest BCUT2D eigenvalue weighted by Crippen LogP contribution is -2.38. The van der Waals surface area contributed by atoms with Crippen LogP contribution in [0.4, 0.5) is 10.5 Å². The molecule has 0 aromatic heterocycles. The molecule has 1 saturated carbocycles. The van der Waals surface area contributed by atoms with E-state index in [2.05, 4.69) is 12.2 Å². The first-order valence-electron chi connectivity index (χ1n) is 9.00. The largest absolute Gasteiger partial charge is 0.491 e. The molecule has 1 aliphatic carbocycles. The summed E-state index contributed by atoms with van der Waals surface area (Å²) in [5.41, 5.74) is -0.0917. The molecule has 3 atom stereocenters. The second kappa shape index (κ2) is 6.94. The fourth-order valence-corrected chi connectivity index (χ4v) is 3.96. The molecule has 2 amide bonds. The van der Waals surface area contributed by atoms with Gasteiger partial charge < -0.3 is 20.1 Å². The monoisotopic (exact) mass is 346 g/mol. The molecule has 1 unspecified atom stereocenters. The quantitative estimate of drug-likeness (QED) is 0.854. The molecule has 6 nitrogen and oxygen atoms in total. The summed E-state index contributed by atoms with van der Waals surface area (Å²) < 4.78 is 5.78. The number of urea groups is 1. The molecule has 0 spiro atoms. The first-order valence-corrected chi connectivity index (χ1v) is 9.00. The third-order valence-corrected chi connectivity index (χ3v) is 5.58. The fraction of sp³-hybridized carbons (Fsp3) is 0.579. The van der Waals surface area contributed by atoms with Crippen LogP contribution in [0.3, 0.4) is 0 Å². The second-order valence-electron chi connectivity index (χ2n) is 7.23. The van der Waals surface area contributed by atoms with Crippen LogP contribution in [0.1, 0.15) is 39.5 Å². The van der Waals surface area contributed by atoms with Crippen LogP contribution in [0, 0.1) is 11.3 Å². The molecule has 0 radical (unpaired) electrons. The van der Waals surface area contributed by atoms with Gasteiger partial charge in [0.05, 0.1) is 11.5 Å². The lowest BCUT2D eigenvalue weighted by molar-refractivity contribution is -0.149. The van der Waals surface area contributed by atoms with Gasteiger partial charge in [0.2, 0.25) is 0 Å². The molecule has 25 heavy (non-hydrogen) atoms. The van der Waals surface area contributed by atoms with E-state index in [0.717, 1.165) is 19.3 Å². The number of fused-ring (bicyclic) bond motifs is 1. The van der Waals surface area contributed by atoms with Gasteiger partial charge in [-0.25, -0.2) is 4.79 Å². The minimum atomic E-state index is -0.769. The number of amides is 2. The maximum atomic E-state index is 12.6. The molecule has 2 N–H and O–H groups in total. The van der Waals surface area contributed by atoms with Crippen molar-refractivity contribution in [2.24, 2.45) is 11.3 Å². The maximum Gasteiger partial charge on any atom is 0.321 e. The molecule has 6 heteroatoms. The Balaban J connectivity index is 1.65. The summed E-state index contributed by atoms with van der Waals surface area (Å²) >= 11 is 0. The normalized spacial score (nSPS) is 26.2.